The van der Waals surface area contributed by atoms with E-state index in [1.165, 1.54) is 6.07 Å². The Morgan fingerprint density at radius 3 is 2.33 bits per heavy atom. The normalized spacial score (nSPS) is 11.7. The Morgan fingerprint density at radius 2 is 1.75 bits per heavy atom. The summed E-state index contributed by atoms with van der Waals surface area (Å²) in [5, 5.41) is 9.56. The molecule has 0 amide bonds. The van der Waals surface area contributed by atoms with Crippen molar-refractivity contribution in [1.29, 1.82) is 0 Å². The number of sulfonamides is 1. The van der Waals surface area contributed by atoms with Gasteiger partial charge in [-0.05, 0) is 36.8 Å². The molecule has 0 atom stereocenters. The first-order chi connectivity index (χ1) is 11.3. The maximum atomic E-state index is 14.1. The van der Waals surface area contributed by atoms with Crippen LogP contribution in [0.15, 0.2) is 51.9 Å². The zero-order chi connectivity index (χ0) is 17.5. The number of aromatic nitrogens is 1. The fourth-order valence-electron chi connectivity index (χ4n) is 2.40. The predicted molar refractivity (Wildman–Crippen MR) is 88.5 cm³/mol. The Morgan fingerprint density at radius 1 is 1.12 bits per heavy atom. The van der Waals surface area contributed by atoms with Crippen LogP contribution in [0.5, 0.6) is 0 Å². The highest BCUT2D eigenvalue weighted by Crippen LogP contribution is 2.35. The van der Waals surface area contributed by atoms with Crippen LogP contribution >= 0.6 is 11.6 Å². The first-order valence-electron chi connectivity index (χ1n) is 6.82. The van der Waals surface area contributed by atoms with Crippen LogP contribution in [0.4, 0.5) is 4.39 Å². The van der Waals surface area contributed by atoms with Gasteiger partial charge in [-0.3, -0.25) is 0 Å². The third kappa shape index (κ3) is 3.06. The van der Waals surface area contributed by atoms with E-state index in [0.717, 1.165) is 17.7 Å². The molecule has 0 spiro atoms. The van der Waals surface area contributed by atoms with Gasteiger partial charge in [0.2, 0.25) is 10.0 Å². The van der Waals surface area contributed by atoms with Gasteiger partial charge >= 0.3 is 0 Å². The third-order valence-corrected chi connectivity index (χ3v) is 4.70. The average molecular weight is 367 g/mol. The lowest BCUT2D eigenvalue weighted by Crippen LogP contribution is -2.13. The zero-order valence-electron chi connectivity index (χ0n) is 12.5. The summed E-state index contributed by atoms with van der Waals surface area (Å²) in [6.45, 7) is 1.69. The highest BCUT2D eigenvalue weighted by atomic mass is 35.5. The molecule has 0 radical (unpaired) electrons. The lowest BCUT2D eigenvalue weighted by Gasteiger charge is -2.06. The van der Waals surface area contributed by atoms with E-state index in [9.17, 15) is 12.8 Å². The third-order valence-electron chi connectivity index (χ3n) is 3.51. The number of aryl methyl sites for hydroxylation is 1. The molecule has 1 heterocycles. The second-order valence-corrected chi connectivity index (χ2v) is 7.13. The summed E-state index contributed by atoms with van der Waals surface area (Å²) in [7, 11) is -4.12. The summed E-state index contributed by atoms with van der Waals surface area (Å²) in [5.74, 6) is -0.458. The summed E-state index contributed by atoms with van der Waals surface area (Å²) in [5.41, 5.74) is 2.25. The van der Waals surface area contributed by atoms with Crippen LogP contribution in [0, 0.1) is 12.7 Å². The molecule has 24 heavy (non-hydrogen) atoms. The molecule has 8 heteroatoms. The second kappa shape index (κ2) is 6.01. The largest absolute Gasteiger partial charge is 0.360 e. The molecule has 0 aliphatic carbocycles. The van der Waals surface area contributed by atoms with Crippen LogP contribution in [0.3, 0.4) is 0 Å². The Balaban J connectivity index is 2.16. The van der Waals surface area contributed by atoms with Gasteiger partial charge in [0.15, 0.2) is 0 Å². The Hall–Kier alpha value is -2.22. The van der Waals surface area contributed by atoms with Gasteiger partial charge in [-0.15, -0.1) is 0 Å². The maximum absolute atomic E-state index is 14.1. The second-order valence-electron chi connectivity index (χ2n) is 5.16. The van der Waals surface area contributed by atoms with Gasteiger partial charge in [0, 0.05) is 10.6 Å². The highest BCUT2D eigenvalue weighted by molar-refractivity contribution is 7.89. The number of benzene rings is 2. The minimum atomic E-state index is -4.12. The Bertz CT molecular complexity index is 1010. The van der Waals surface area contributed by atoms with Crippen LogP contribution < -0.4 is 5.14 Å². The van der Waals surface area contributed by atoms with E-state index in [4.69, 9.17) is 21.3 Å². The average Bonchev–Trinajstić information content (AvgIpc) is 2.88. The lowest BCUT2D eigenvalue weighted by molar-refractivity contribution is 0.400. The number of hydrogen-bond donors (Lipinski definition) is 1. The Kier molecular flexibility index (Phi) is 4.16. The molecule has 2 aromatic carbocycles. The fraction of sp³-hybridized carbons (Fsp3) is 0.0625. The van der Waals surface area contributed by atoms with E-state index >= 15 is 0 Å². The van der Waals surface area contributed by atoms with Crippen molar-refractivity contribution >= 4 is 21.6 Å². The van der Waals surface area contributed by atoms with E-state index in [1.807, 2.05) is 0 Å². The van der Waals surface area contributed by atoms with Gasteiger partial charge in [-0.25, -0.2) is 17.9 Å². The van der Waals surface area contributed by atoms with Crippen molar-refractivity contribution in [2.45, 2.75) is 11.8 Å². The van der Waals surface area contributed by atoms with Gasteiger partial charge in [0.25, 0.3) is 0 Å². The number of rotatable bonds is 3. The molecule has 0 saturated heterocycles. The summed E-state index contributed by atoms with van der Waals surface area (Å²) in [4.78, 5) is -0.562. The Labute approximate surface area is 142 Å². The van der Waals surface area contributed by atoms with Crippen molar-refractivity contribution in [2.75, 3.05) is 0 Å². The molecule has 3 aromatic rings. The van der Waals surface area contributed by atoms with Crippen molar-refractivity contribution in [1.82, 2.24) is 5.16 Å². The molecule has 3 rings (SSSR count). The van der Waals surface area contributed by atoms with Crippen LogP contribution in [-0.2, 0) is 10.0 Å². The van der Waals surface area contributed by atoms with E-state index in [2.05, 4.69) is 5.16 Å². The quantitative estimate of drug-likeness (QED) is 0.764. The monoisotopic (exact) mass is 366 g/mol. The molecule has 2 N–H and O–H groups in total. The molecule has 0 aliphatic heterocycles. The minimum absolute atomic E-state index is 0.434. The molecular weight excluding hydrogens is 355 g/mol. The lowest BCUT2D eigenvalue weighted by atomic mass is 9.99. The standard InChI is InChI=1S/C16H12ClFN2O3S/c1-9-15(11-4-7-14(13(18)8-11)24(19,21)22)16(20-23-9)10-2-5-12(17)6-3-10/h2-8H,1H3,(H2,19,21,22). The fourth-order valence-corrected chi connectivity index (χ4v) is 3.12. The van der Waals surface area contributed by atoms with Crippen LogP contribution in [0.25, 0.3) is 22.4 Å². The minimum Gasteiger partial charge on any atom is -0.360 e. The molecule has 0 aliphatic rings. The van der Waals surface area contributed by atoms with Crippen LogP contribution in [-0.4, -0.2) is 13.6 Å². The van der Waals surface area contributed by atoms with Crippen LogP contribution in [0.2, 0.25) is 5.02 Å². The molecular formula is C16H12ClFN2O3S. The number of nitrogens with two attached hydrogens (primary N) is 1. The van der Waals surface area contributed by atoms with E-state index in [1.54, 1.807) is 31.2 Å². The van der Waals surface area contributed by atoms with Crippen molar-refractivity contribution < 1.29 is 17.3 Å². The van der Waals surface area contributed by atoms with Crippen LogP contribution in [0.1, 0.15) is 5.76 Å². The first kappa shape index (κ1) is 16.6. The van der Waals surface area contributed by atoms with Gasteiger partial charge in [-0.1, -0.05) is 35.0 Å². The molecule has 5 nitrogen and oxygen atoms in total. The molecule has 0 fully saturated rings. The van der Waals surface area contributed by atoms with Crippen molar-refractivity contribution in [3.05, 3.63) is 59.1 Å². The van der Waals surface area contributed by atoms with Crippen molar-refractivity contribution in [2.24, 2.45) is 5.14 Å². The highest BCUT2D eigenvalue weighted by Gasteiger charge is 2.20. The van der Waals surface area contributed by atoms with Gasteiger partial charge in [0.1, 0.15) is 22.2 Å². The summed E-state index contributed by atoms with van der Waals surface area (Å²) >= 11 is 5.88. The number of halogens is 2. The summed E-state index contributed by atoms with van der Waals surface area (Å²) in [6.07, 6.45) is 0. The predicted octanol–water partition coefficient (Wildman–Crippen LogP) is 3.76. The smallest absolute Gasteiger partial charge is 0.240 e. The zero-order valence-corrected chi connectivity index (χ0v) is 14.0. The number of nitrogens with zero attached hydrogens (tertiary/aromatic N) is 1. The number of primary sulfonamides is 1. The van der Waals surface area contributed by atoms with Gasteiger partial charge < -0.3 is 4.52 Å². The van der Waals surface area contributed by atoms with Crippen molar-refractivity contribution in [3.63, 3.8) is 0 Å². The van der Waals surface area contributed by atoms with E-state index in [-0.39, 0.29) is 0 Å². The van der Waals surface area contributed by atoms with E-state index in [0.29, 0.717) is 27.6 Å². The maximum Gasteiger partial charge on any atom is 0.240 e. The molecule has 124 valence electrons. The molecule has 0 saturated carbocycles. The molecule has 0 bridgehead atoms. The number of hydrogen-bond acceptors (Lipinski definition) is 4. The molecule has 1 aromatic heterocycles. The first-order valence-corrected chi connectivity index (χ1v) is 8.75. The van der Waals surface area contributed by atoms with Crippen molar-refractivity contribution in [3.8, 4) is 22.4 Å². The summed E-state index contributed by atoms with van der Waals surface area (Å²) in [6, 6.07) is 10.6. The summed E-state index contributed by atoms with van der Waals surface area (Å²) < 4.78 is 42.0. The van der Waals surface area contributed by atoms with E-state index < -0.39 is 20.7 Å². The molecule has 0 unspecified atom stereocenters. The SMILES string of the molecule is Cc1onc(-c2ccc(Cl)cc2)c1-c1ccc(S(N)(=O)=O)c(F)c1. The van der Waals surface area contributed by atoms with Gasteiger partial charge in [-0.2, -0.15) is 0 Å². The topological polar surface area (TPSA) is 86.2 Å². The van der Waals surface area contributed by atoms with Gasteiger partial charge in [0.05, 0.1) is 5.56 Å².